The van der Waals surface area contributed by atoms with Crippen molar-refractivity contribution in [2.24, 2.45) is 5.73 Å². The zero-order valence-corrected chi connectivity index (χ0v) is 19.4. The number of benzene rings is 2. The van der Waals surface area contributed by atoms with Crippen LogP contribution in [0.3, 0.4) is 0 Å². The van der Waals surface area contributed by atoms with Gasteiger partial charge in [0.1, 0.15) is 29.4 Å². The predicted octanol–water partition coefficient (Wildman–Crippen LogP) is 3.41. The molecule has 2 aromatic heterocycles. The number of nitrogens with zero attached hydrogens (tertiary/aromatic N) is 2. The van der Waals surface area contributed by atoms with Gasteiger partial charge in [0, 0.05) is 19.0 Å². The standard InChI is InChI=1S/C27H23F2N3O4/c1-15-24(21(33)13-27(26(30)35)18-7-3-2-6-16(18)12-23(27)34)32-11-5-10-22(25(32)31-15)36-14-17-19(28)8-4-9-20(17)29/h2-11,23,34H,12-14H2,1H3,(H2,30,35)/t23-,27+/m1/s1. The monoisotopic (exact) mass is 491 g/mol. The van der Waals surface area contributed by atoms with Crippen LogP contribution in [0, 0.1) is 18.6 Å². The van der Waals surface area contributed by atoms with E-state index in [1.807, 2.05) is 0 Å². The van der Waals surface area contributed by atoms with Gasteiger partial charge in [0.15, 0.2) is 17.2 Å². The number of fused-ring (bicyclic) bond motifs is 2. The molecule has 9 heteroatoms. The van der Waals surface area contributed by atoms with E-state index in [9.17, 15) is 23.5 Å². The van der Waals surface area contributed by atoms with Crippen LogP contribution in [0.5, 0.6) is 5.75 Å². The first-order valence-electron chi connectivity index (χ1n) is 11.4. The Hall–Kier alpha value is -4.11. The molecule has 36 heavy (non-hydrogen) atoms. The van der Waals surface area contributed by atoms with Gasteiger partial charge in [-0.25, -0.2) is 13.8 Å². The second kappa shape index (κ2) is 8.83. The topological polar surface area (TPSA) is 107 Å². The number of nitrogens with two attached hydrogens (primary N) is 1. The molecular formula is C27H23F2N3O4. The highest BCUT2D eigenvalue weighted by Gasteiger charge is 2.52. The number of primary amides is 1. The van der Waals surface area contributed by atoms with Gasteiger partial charge in [0.05, 0.1) is 17.4 Å². The second-order valence-corrected chi connectivity index (χ2v) is 8.91. The van der Waals surface area contributed by atoms with Crippen LogP contribution in [0.4, 0.5) is 8.78 Å². The van der Waals surface area contributed by atoms with Gasteiger partial charge in [0.2, 0.25) is 5.91 Å². The Kier molecular flexibility index (Phi) is 5.80. The van der Waals surface area contributed by atoms with Crippen LogP contribution in [0.15, 0.2) is 60.8 Å². The maximum Gasteiger partial charge on any atom is 0.231 e. The molecule has 1 amide bonds. The Labute approximate surface area is 205 Å². The number of rotatable bonds is 7. The summed E-state index contributed by atoms with van der Waals surface area (Å²) in [5.41, 5.74) is 6.13. The smallest absolute Gasteiger partial charge is 0.231 e. The first-order valence-corrected chi connectivity index (χ1v) is 11.4. The summed E-state index contributed by atoms with van der Waals surface area (Å²) >= 11 is 0. The van der Waals surface area contributed by atoms with Gasteiger partial charge in [-0.2, -0.15) is 0 Å². The maximum atomic E-state index is 14.0. The van der Waals surface area contributed by atoms with E-state index in [1.165, 1.54) is 10.5 Å². The van der Waals surface area contributed by atoms with E-state index < -0.39 is 34.8 Å². The van der Waals surface area contributed by atoms with Gasteiger partial charge < -0.3 is 15.6 Å². The van der Waals surface area contributed by atoms with Crippen LogP contribution in [0.2, 0.25) is 0 Å². The molecule has 184 valence electrons. The molecule has 2 heterocycles. The number of amides is 1. The minimum absolute atomic E-state index is 0.199. The second-order valence-electron chi connectivity index (χ2n) is 8.91. The summed E-state index contributed by atoms with van der Waals surface area (Å²) in [5, 5.41) is 10.9. The normalized spacial score (nSPS) is 18.8. The number of aliphatic hydroxyl groups is 1. The van der Waals surface area contributed by atoms with Gasteiger partial charge in [-0.05, 0) is 42.3 Å². The number of pyridine rings is 1. The lowest BCUT2D eigenvalue weighted by molar-refractivity contribution is -0.127. The summed E-state index contributed by atoms with van der Waals surface area (Å²) in [6, 6.07) is 13.8. The SMILES string of the molecule is Cc1nc2c(OCc3c(F)cccc3F)cccn2c1C(=O)C[C@]1(C(N)=O)c2ccccc2C[C@H]1O. The number of ketones is 1. The van der Waals surface area contributed by atoms with Crippen molar-refractivity contribution in [2.75, 3.05) is 0 Å². The molecule has 2 atom stereocenters. The molecule has 3 N–H and O–H groups in total. The number of imidazole rings is 1. The van der Waals surface area contributed by atoms with Crippen LogP contribution in [0.25, 0.3) is 5.65 Å². The van der Waals surface area contributed by atoms with E-state index >= 15 is 0 Å². The van der Waals surface area contributed by atoms with Crippen molar-refractivity contribution >= 4 is 17.3 Å². The van der Waals surface area contributed by atoms with E-state index in [2.05, 4.69) is 4.98 Å². The van der Waals surface area contributed by atoms with Crippen LogP contribution < -0.4 is 10.5 Å². The number of hydrogen-bond acceptors (Lipinski definition) is 5. The molecular weight excluding hydrogens is 468 g/mol. The van der Waals surface area contributed by atoms with Gasteiger partial charge >= 0.3 is 0 Å². The number of carbonyl (C=O) groups excluding carboxylic acids is 2. The van der Waals surface area contributed by atoms with Gasteiger partial charge in [-0.3, -0.25) is 14.0 Å². The molecule has 1 aliphatic rings. The molecule has 0 spiro atoms. The lowest BCUT2D eigenvalue weighted by atomic mass is 9.74. The van der Waals surface area contributed by atoms with E-state index in [1.54, 1.807) is 49.5 Å². The van der Waals surface area contributed by atoms with Crippen LogP contribution in [-0.4, -0.2) is 32.3 Å². The highest BCUT2D eigenvalue weighted by atomic mass is 19.1. The number of aromatic nitrogens is 2. The minimum Gasteiger partial charge on any atom is -0.485 e. The van der Waals surface area contributed by atoms with E-state index in [4.69, 9.17) is 10.5 Å². The number of aryl methyl sites for hydroxylation is 1. The molecule has 0 saturated carbocycles. The van der Waals surface area contributed by atoms with Crippen molar-refractivity contribution in [3.05, 3.63) is 101 Å². The number of carbonyl (C=O) groups is 2. The fourth-order valence-electron chi connectivity index (χ4n) is 5.05. The predicted molar refractivity (Wildman–Crippen MR) is 127 cm³/mol. The molecule has 0 radical (unpaired) electrons. The Bertz CT molecular complexity index is 1500. The first-order chi connectivity index (χ1) is 17.2. The third-order valence-electron chi connectivity index (χ3n) is 6.85. The maximum absolute atomic E-state index is 14.0. The summed E-state index contributed by atoms with van der Waals surface area (Å²) in [4.78, 5) is 30.8. The number of aliphatic hydroxyl groups excluding tert-OH is 1. The summed E-state index contributed by atoms with van der Waals surface area (Å²) in [6.45, 7) is 1.26. The number of ether oxygens (including phenoxy) is 1. The molecule has 2 aromatic carbocycles. The van der Waals surface area contributed by atoms with Gasteiger partial charge in [-0.1, -0.05) is 30.3 Å². The molecule has 5 rings (SSSR count). The molecule has 0 fully saturated rings. The van der Waals surface area contributed by atoms with Crippen molar-refractivity contribution in [2.45, 2.75) is 37.9 Å². The minimum atomic E-state index is -1.57. The Balaban J connectivity index is 1.50. The van der Waals surface area contributed by atoms with E-state index in [0.717, 1.165) is 17.7 Å². The highest BCUT2D eigenvalue weighted by molar-refractivity contribution is 6.02. The molecule has 1 aliphatic carbocycles. The van der Waals surface area contributed by atoms with Crippen molar-refractivity contribution in [1.29, 1.82) is 0 Å². The van der Waals surface area contributed by atoms with E-state index in [0.29, 0.717) is 11.3 Å². The average molecular weight is 491 g/mol. The Morgan fingerprint density at radius 1 is 1.14 bits per heavy atom. The Morgan fingerprint density at radius 2 is 1.86 bits per heavy atom. The number of hydrogen-bond donors (Lipinski definition) is 2. The lowest BCUT2D eigenvalue weighted by Crippen LogP contribution is -2.49. The fourth-order valence-corrected chi connectivity index (χ4v) is 5.05. The van der Waals surface area contributed by atoms with Crippen LogP contribution in [-0.2, 0) is 23.2 Å². The molecule has 7 nitrogen and oxygen atoms in total. The zero-order valence-electron chi connectivity index (χ0n) is 19.4. The molecule has 4 aromatic rings. The third kappa shape index (κ3) is 3.63. The fraction of sp³-hybridized carbons (Fsp3) is 0.222. The van der Waals surface area contributed by atoms with Crippen molar-refractivity contribution in [3.8, 4) is 5.75 Å². The zero-order chi connectivity index (χ0) is 25.6. The van der Waals surface area contributed by atoms with Crippen molar-refractivity contribution in [1.82, 2.24) is 9.38 Å². The van der Waals surface area contributed by atoms with Gasteiger partial charge in [0.25, 0.3) is 0 Å². The summed E-state index contributed by atoms with van der Waals surface area (Å²) in [7, 11) is 0. The van der Waals surface area contributed by atoms with Crippen LogP contribution in [0.1, 0.15) is 39.3 Å². The molecule has 0 unspecified atom stereocenters. The summed E-state index contributed by atoms with van der Waals surface area (Å²) < 4.78 is 35.2. The van der Waals surface area contributed by atoms with E-state index in [-0.39, 0.29) is 42.1 Å². The molecule has 0 aliphatic heterocycles. The van der Waals surface area contributed by atoms with Gasteiger partial charge in [-0.15, -0.1) is 0 Å². The number of Topliss-reactive ketones (excluding diaryl/α,β-unsaturated/α-hetero) is 1. The Morgan fingerprint density at radius 3 is 2.58 bits per heavy atom. The molecule has 0 bridgehead atoms. The van der Waals surface area contributed by atoms with Crippen molar-refractivity contribution < 1.29 is 28.2 Å². The summed E-state index contributed by atoms with van der Waals surface area (Å²) in [6.07, 6.45) is 0.323. The highest BCUT2D eigenvalue weighted by Crippen LogP contribution is 2.42. The molecule has 0 saturated heterocycles. The lowest BCUT2D eigenvalue weighted by Gasteiger charge is -2.30. The summed E-state index contributed by atoms with van der Waals surface area (Å²) in [5.74, 6) is -2.46. The van der Waals surface area contributed by atoms with Crippen LogP contribution >= 0.6 is 0 Å². The number of halogens is 2. The van der Waals surface area contributed by atoms with Crippen molar-refractivity contribution in [3.63, 3.8) is 0 Å². The average Bonchev–Trinajstić information content (AvgIpc) is 3.33. The third-order valence-corrected chi connectivity index (χ3v) is 6.85. The first kappa shape index (κ1) is 23.6. The largest absolute Gasteiger partial charge is 0.485 e. The quantitative estimate of drug-likeness (QED) is 0.386.